The van der Waals surface area contributed by atoms with Crippen LogP contribution in [0.1, 0.15) is 0 Å². The Balaban J connectivity index is 2.08. The monoisotopic (exact) mass is 336 g/mol. The first-order valence-electron chi connectivity index (χ1n) is 5.85. The van der Waals surface area contributed by atoms with E-state index in [1.54, 1.807) is 6.07 Å². The fourth-order valence-electron chi connectivity index (χ4n) is 1.98. The molecule has 0 fully saturated rings. The van der Waals surface area contributed by atoms with Gasteiger partial charge in [-0.1, -0.05) is 0 Å². The Morgan fingerprint density at radius 2 is 1.53 bits per heavy atom. The van der Waals surface area contributed by atoms with Crippen molar-refractivity contribution >= 4 is 46.3 Å². The molecule has 3 aromatic carbocycles. The summed E-state index contributed by atoms with van der Waals surface area (Å²) in [5.41, 5.74) is 0. The van der Waals surface area contributed by atoms with Crippen molar-refractivity contribution in [2.24, 2.45) is 0 Å². The Labute approximate surface area is 122 Å². The second kappa shape index (κ2) is 5.34. The van der Waals surface area contributed by atoms with Crippen molar-refractivity contribution in [1.29, 1.82) is 0 Å². The summed E-state index contributed by atoms with van der Waals surface area (Å²) in [6, 6.07) is 18.9. The zero-order valence-electron chi connectivity index (χ0n) is 9.94. The standard InChI is InChI=1S/C16H10ClFSe/c17-12-7-9-13(10-8-12)19-15-6-2-4-11-3-1-5-14(18)16(11)15/h1-10H. The Bertz CT molecular complexity index is 717. The average molecular weight is 336 g/mol. The molecule has 0 saturated carbocycles. The number of rotatable bonds is 2. The van der Waals surface area contributed by atoms with Crippen LogP contribution in [0.5, 0.6) is 0 Å². The molecule has 94 valence electrons. The van der Waals surface area contributed by atoms with Crippen molar-refractivity contribution in [3.05, 3.63) is 71.5 Å². The van der Waals surface area contributed by atoms with Gasteiger partial charge in [0.1, 0.15) is 0 Å². The molecule has 19 heavy (non-hydrogen) atoms. The van der Waals surface area contributed by atoms with Crippen LogP contribution in [0.25, 0.3) is 10.8 Å². The predicted molar refractivity (Wildman–Crippen MR) is 80.4 cm³/mol. The number of fused-ring (bicyclic) bond motifs is 1. The normalized spacial score (nSPS) is 10.8. The third-order valence-electron chi connectivity index (χ3n) is 2.86. The molecule has 0 unspecified atom stereocenters. The molecule has 0 aliphatic heterocycles. The van der Waals surface area contributed by atoms with Crippen molar-refractivity contribution in [2.45, 2.75) is 0 Å². The van der Waals surface area contributed by atoms with E-state index >= 15 is 0 Å². The van der Waals surface area contributed by atoms with Crippen LogP contribution in [-0.4, -0.2) is 15.0 Å². The molecule has 0 bridgehead atoms. The quantitative estimate of drug-likeness (QED) is 0.631. The molecule has 0 spiro atoms. The molecule has 0 nitrogen and oxygen atoms in total. The Morgan fingerprint density at radius 1 is 0.842 bits per heavy atom. The minimum atomic E-state index is -0.149. The summed E-state index contributed by atoms with van der Waals surface area (Å²) >= 11 is 5.96. The molecule has 0 radical (unpaired) electrons. The van der Waals surface area contributed by atoms with E-state index in [9.17, 15) is 4.39 Å². The zero-order chi connectivity index (χ0) is 13.2. The first-order chi connectivity index (χ1) is 9.24. The van der Waals surface area contributed by atoms with Gasteiger partial charge in [-0.25, -0.2) is 0 Å². The molecule has 0 aromatic heterocycles. The summed E-state index contributed by atoms with van der Waals surface area (Å²) in [6.07, 6.45) is 0. The van der Waals surface area contributed by atoms with Gasteiger partial charge < -0.3 is 0 Å². The van der Waals surface area contributed by atoms with Crippen LogP contribution < -0.4 is 8.92 Å². The molecule has 0 heterocycles. The first-order valence-corrected chi connectivity index (χ1v) is 7.94. The van der Waals surface area contributed by atoms with Crippen LogP contribution in [0, 0.1) is 5.82 Å². The van der Waals surface area contributed by atoms with Gasteiger partial charge >= 0.3 is 122 Å². The van der Waals surface area contributed by atoms with Gasteiger partial charge in [0.05, 0.1) is 0 Å². The van der Waals surface area contributed by atoms with Crippen LogP contribution >= 0.6 is 11.6 Å². The van der Waals surface area contributed by atoms with Crippen molar-refractivity contribution in [2.75, 3.05) is 0 Å². The summed E-state index contributed by atoms with van der Waals surface area (Å²) in [5, 5.41) is 2.41. The van der Waals surface area contributed by atoms with Gasteiger partial charge in [-0.3, -0.25) is 0 Å². The molecule has 0 atom stereocenters. The predicted octanol–water partition coefficient (Wildman–Crippen LogP) is 3.29. The Hall–Kier alpha value is -1.34. The van der Waals surface area contributed by atoms with Crippen molar-refractivity contribution in [3.63, 3.8) is 0 Å². The van der Waals surface area contributed by atoms with Crippen LogP contribution in [0.15, 0.2) is 60.7 Å². The fourth-order valence-corrected chi connectivity index (χ4v) is 4.18. The second-order valence-electron chi connectivity index (χ2n) is 4.15. The van der Waals surface area contributed by atoms with E-state index in [-0.39, 0.29) is 20.8 Å². The maximum atomic E-state index is 14.0. The summed E-state index contributed by atoms with van der Waals surface area (Å²) in [7, 11) is 0. The second-order valence-corrected chi connectivity index (χ2v) is 6.93. The molecule has 0 amide bonds. The molecule has 0 aliphatic rings. The van der Waals surface area contributed by atoms with E-state index in [2.05, 4.69) is 0 Å². The van der Waals surface area contributed by atoms with Crippen LogP contribution in [0.3, 0.4) is 0 Å². The molecule has 0 N–H and O–H groups in total. The van der Waals surface area contributed by atoms with Crippen molar-refractivity contribution in [3.8, 4) is 0 Å². The van der Waals surface area contributed by atoms with Crippen LogP contribution in [-0.2, 0) is 0 Å². The minimum absolute atomic E-state index is 0.0757. The summed E-state index contributed by atoms with van der Waals surface area (Å²) in [4.78, 5) is 0. The Morgan fingerprint density at radius 3 is 2.26 bits per heavy atom. The Kier molecular flexibility index (Phi) is 3.56. The van der Waals surface area contributed by atoms with E-state index in [1.807, 2.05) is 48.5 Å². The van der Waals surface area contributed by atoms with E-state index in [0.29, 0.717) is 0 Å². The number of hydrogen-bond acceptors (Lipinski definition) is 0. The van der Waals surface area contributed by atoms with Gasteiger partial charge in [0.2, 0.25) is 0 Å². The van der Waals surface area contributed by atoms with E-state index in [1.165, 1.54) is 10.5 Å². The first kappa shape index (κ1) is 12.7. The van der Waals surface area contributed by atoms with Gasteiger partial charge in [0.15, 0.2) is 0 Å². The van der Waals surface area contributed by atoms with E-state index in [4.69, 9.17) is 11.6 Å². The molecular weight excluding hydrogens is 326 g/mol. The molecule has 3 rings (SSSR count). The van der Waals surface area contributed by atoms with Gasteiger partial charge in [0, 0.05) is 0 Å². The SMILES string of the molecule is Fc1cccc2cccc([Se]c3ccc(Cl)cc3)c12. The van der Waals surface area contributed by atoms with E-state index in [0.717, 1.165) is 20.3 Å². The molecule has 0 aliphatic carbocycles. The number of halogens is 2. The van der Waals surface area contributed by atoms with Gasteiger partial charge in [-0.05, 0) is 0 Å². The van der Waals surface area contributed by atoms with Gasteiger partial charge in [-0.15, -0.1) is 0 Å². The summed E-state index contributed by atoms with van der Waals surface area (Å²) in [6.45, 7) is 0. The zero-order valence-corrected chi connectivity index (χ0v) is 12.4. The van der Waals surface area contributed by atoms with Gasteiger partial charge in [0.25, 0.3) is 0 Å². The fraction of sp³-hybridized carbons (Fsp3) is 0. The summed E-state index contributed by atoms with van der Waals surface area (Å²) < 4.78 is 16.3. The van der Waals surface area contributed by atoms with Crippen molar-refractivity contribution < 1.29 is 4.39 Å². The van der Waals surface area contributed by atoms with Crippen molar-refractivity contribution in [1.82, 2.24) is 0 Å². The van der Waals surface area contributed by atoms with E-state index < -0.39 is 0 Å². The third-order valence-corrected chi connectivity index (χ3v) is 5.35. The third kappa shape index (κ3) is 2.66. The molecule has 0 saturated heterocycles. The summed E-state index contributed by atoms with van der Waals surface area (Å²) in [5.74, 6) is -0.149. The number of benzene rings is 3. The molecular formula is C16H10ClFSe. The van der Waals surface area contributed by atoms with Crippen LogP contribution in [0.2, 0.25) is 5.02 Å². The average Bonchev–Trinajstić information content (AvgIpc) is 2.42. The van der Waals surface area contributed by atoms with Crippen LogP contribution in [0.4, 0.5) is 4.39 Å². The molecule has 3 heteroatoms. The molecule has 3 aromatic rings. The maximum absolute atomic E-state index is 14.0. The number of hydrogen-bond donors (Lipinski definition) is 0. The topological polar surface area (TPSA) is 0 Å². The van der Waals surface area contributed by atoms with Gasteiger partial charge in [-0.2, -0.15) is 0 Å².